The summed E-state index contributed by atoms with van der Waals surface area (Å²) in [7, 11) is 1.63. The van der Waals surface area contributed by atoms with E-state index in [0.717, 1.165) is 53.3 Å². The first-order valence-electron chi connectivity index (χ1n) is 14.1. The summed E-state index contributed by atoms with van der Waals surface area (Å²) in [6.45, 7) is 5.41. The molecule has 3 aromatic rings. The highest BCUT2D eigenvalue weighted by molar-refractivity contribution is 5.83. The molecule has 1 fully saturated rings. The van der Waals surface area contributed by atoms with Gasteiger partial charge < -0.3 is 14.2 Å². The van der Waals surface area contributed by atoms with Gasteiger partial charge in [0.25, 0.3) is 0 Å². The van der Waals surface area contributed by atoms with Gasteiger partial charge in [0.05, 0.1) is 43.4 Å². The SMILES string of the molecule is COc1ccc2nccc(CC[C@@H]3CC[C@@H](N(C/C=C/c4cc(F)ccc4F)C(=O)OC(C)(C)C)[C@@H](CC#N)O3)c2c1. The molecule has 0 N–H and O–H groups in total. The molecule has 1 amide bonds. The van der Waals surface area contributed by atoms with E-state index in [-0.39, 0.29) is 24.6 Å². The average molecular weight is 578 g/mol. The molecule has 3 atom stereocenters. The van der Waals surface area contributed by atoms with E-state index >= 15 is 0 Å². The first-order valence-corrected chi connectivity index (χ1v) is 14.1. The van der Waals surface area contributed by atoms with Crippen molar-refractivity contribution in [1.29, 1.82) is 5.26 Å². The van der Waals surface area contributed by atoms with E-state index in [1.807, 2.05) is 24.3 Å². The lowest BCUT2D eigenvalue weighted by Gasteiger charge is -2.42. The van der Waals surface area contributed by atoms with E-state index in [0.29, 0.717) is 12.8 Å². The summed E-state index contributed by atoms with van der Waals surface area (Å²) in [5.41, 5.74) is 1.35. The molecule has 1 aliphatic rings. The minimum atomic E-state index is -0.744. The summed E-state index contributed by atoms with van der Waals surface area (Å²) in [5.74, 6) is -0.359. The fourth-order valence-corrected chi connectivity index (χ4v) is 5.24. The van der Waals surface area contributed by atoms with Gasteiger partial charge in [0.15, 0.2) is 0 Å². The number of rotatable bonds is 9. The highest BCUT2D eigenvalue weighted by Gasteiger charge is 2.38. The van der Waals surface area contributed by atoms with Crippen LogP contribution < -0.4 is 4.74 Å². The number of carbonyl (C=O) groups excluding carboxylic acids is 1. The van der Waals surface area contributed by atoms with Crippen molar-refractivity contribution in [3.63, 3.8) is 0 Å². The van der Waals surface area contributed by atoms with Crippen molar-refractivity contribution in [1.82, 2.24) is 9.88 Å². The van der Waals surface area contributed by atoms with Crippen LogP contribution in [0.15, 0.2) is 54.7 Å². The monoisotopic (exact) mass is 577 g/mol. The molecule has 7 nitrogen and oxygen atoms in total. The van der Waals surface area contributed by atoms with Crippen molar-refractivity contribution in [3.05, 3.63) is 77.5 Å². The second-order valence-electron chi connectivity index (χ2n) is 11.4. The second-order valence-corrected chi connectivity index (χ2v) is 11.4. The zero-order valence-electron chi connectivity index (χ0n) is 24.5. The van der Waals surface area contributed by atoms with Crippen LogP contribution in [0.5, 0.6) is 5.75 Å². The predicted octanol–water partition coefficient (Wildman–Crippen LogP) is 7.23. The minimum Gasteiger partial charge on any atom is -0.497 e. The van der Waals surface area contributed by atoms with Gasteiger partial charge in [0, 0.05) is 23.7 Å². The Morgan fingerprint density at radius 2 is 2.00 bits per heavy atom. The maximum atomic E-state index is 14.2. The highest BCUT2D eigenvalue weighted by atomic mass is 19.1. The van der Waals surface area contributed by atoms with Crippen molar-refractivity contribution in [2.45, 2.75) is 76.7 Å². The number of hydrogen-bond donors (Lipinski definition) is 0. The molecule has 0 radical (unpaired) electrons. The number of aromatic nitrogens is 1. The molecule has 42 heavy (non-hydrogen) atoms. The van der Waals surface area contributed by atoms with Crippen molar-refractivity contribution in [2.75, 3.05) is 13.7 Å². The lowest BCUT2D eigenvalue weighted by molar-refractivity contribution is -0.0965. The number of nitrogens with zero attached hydrogens (tertiary/aromatic N) is 3. The van der Waals surface area contributed by atoms with Gasteiger partial charge in [0.1, 0.15) is 23.0 Å². The lowest BCUT2D eigenvalue weighted by atomic mass is 9.92. The maximum Gasteiger partial charge on any atom is 0.410 e. The molecule has 0 unspecified atom stereocenters. The molecule has 2 aromatic carbocycles. The first-order chi connectivity index (χ1) is 20.1. The van der Waals surface area contributed by atoms with E-state index in [4.69, 9.17) is 14.2 Å². The van der Waals surface area contributed by atoms with Crippen LogP contribution >= 0.6 is 0 Å². The molecule has 9 heteroatoms. The van der Waals surface area contributed by atoms with Gasteiger partial charge in [-0.05, 0) is 94.5 Å². The summed E-state index contributed by atoms with van der Waals surface area (Å²) >= 11 is 0. The summed E-state index contributed by atoms with van der Waals surface area (Å²) in [6.07, 6.45) is 6.49. The first kappa shape index (κ1) is 30.9. The lowest BCUT2D eigenvalue weighted by Crippen LogP contribution is -2.53. The van der Waals surface area contributed by atoms with Gasteiger partial charge in [0.2, 0.25) is 0 Å². The Kier molecular flexibility index (Phi) is 10.1. The van der Waals surface area contributed by atoms with Gasteiger partial charge in [-0.1, -0.05) is 12.2 Å². The number of amides is 1. The Bertz CT molecular complexity index is 1460. The van der Waals surface area contributed by atoms with Gasteiger partial charge in [-0.2, -0.15) is 5.26 Å². The number of pyridine rings is 1. The molecule has 4 rings (SSSR count). The molecular weight excluding hydrogens is 540 g/mol. The van der Waals surface area contributed by atoms with E-state index in [9.17, 15) is 18.8 Å². The van der Waals surface area contributed by atoms with Crippen LogP contribution in [0.2, 0.25) is 0 Å². The highest BCUT2D eigenvalue weighted by Crippen LogP contribution is 2.31. The number of aryl methyl sites for hydroxylation is 1. The molecular formula is C33H37F2N3O4. The van der Waals surface area contributed by atoms with Crippen LogP contribution in [0.25, 0.3) is 17.0 Å². The quantitative estimate of drug-likeness (QED) is 0.267. The zero-order chi connectivity index (χ0) is 30.3. The minimum absolute atomic E-state index is 0.0777. The zero-order valence-corrected chi connectivity index (χ0v) is 24.5. The second kappa shape index (κ2) is 13.8. The number of hydrogen-bond acceptors (Lipinski definition) is 6. The standard InChI is InChI=1S/C33H37F2N3O4/c1-33(2,3)42-32(39)38(19-5-6-23-20-24(34)8-12-28(23)35)30-14-11-25(41-31(30)15-17-36)9-7-22-16-18-37-29-13-10-26(40-4)21-27(22)29/h5-6,8,10,12-13,16,18,20-21,25,30-31H,7,9,11,14-15,19H2,1-4H3/b6-5+/t25-,30-,31-/m1/s1. The van der Waals surface area contributed by atoms with Crippen LogP contribution in [0.1, 0.15) is 57.6 Å². The Balaban J connectivity index is 1.50. The molecule has 0 bridgehead atoms. The smallest absolute Gasteiger partial charge is 0.410 e. The van der Waals surface area contributed by atoms with Gasteiger partial charge >= 0.3 is 6.09 Å². The molecule has 0 aliphatic carbocycles. The van der Waals surface area contributed by atoms with Crippen LogP contribution in [0.4, 0.5) is 13.6 Å². The van der Waals surface area contributed by atoms with Crippen molar-refractivity contribution < 1.29 is 27.8 Å². The number of methoxy groups -OCH3 is 1. The maximum absolute atomic E-state index is 14.2. The molecule has 1 aromatic heterocycles. The molecule has 1 aliphatic heterocycles. The number of ether oxygens (including phenoxy) is 3. The number of benzene rings is 2. The molecule has 0 spiro atoms. The third-order valence-corrected chi connectivity index (χ3v) is 7.23. The number of carbonyl (C=O) groups is 1. The van der Waals surface area contributed by atoms with Crippen LogP contribution in [0, 0.1) is 23.0 Å². The number of nitriles is 1. The Morgan fingerprint density at radius 1 is 1.19 bits per heavy atom. The molecule has 0 saturated carbocycles. The van der Waals surface area contributed by atoms with E-state index in [2.05, 4.69) is 11.1 Å². The normalized spacial score (nSPS) is 19.0. The van der Waals surface area contributed by atoms with Crippen molar-refractivity contribution >= 4 is 23.1 Å². The van der Waals surface area contributed by atoms with Gasteiger partial charge in [-0.15, -0.1) is 0 Å². The Morgan fingerprint density at radius 3 is 2.74 bits per heavy atom. The molecule has 2 heterocycles. The summed E-state index contributed by atoms with van der Waals surface area (Å²) in [6, 6.07) is 12.8. The molecule has 1 saturated heterocycles. The average Bonchev–Trinajstić information content (AvgIpc) is 2.95. The Hall–Kier alpha value is -4.03. The topological polar surface area (TPSA) is 84.7 Å². The number of halogens is 2. The largest absolute Gasteiger partial charge is 0.497 e. The Labute approximate surface area is 245 Å². The summed E-state index contributed by atoms with van der Waals surface area (Å²) in [4.78, 5) is 19.3. The fourth-order valence-electron chi connectivity index (χ4n) is 5.24. The van der Waals surface area contributed by atoms with E-state index in [1.54, 1.807) is 40.2 Å². The van der Waals surface area contributed by atoms with Crippen molar-refractivity contribution in [2.24, 2.45) is 0 Å². The van der Waals surface area contributed by atoms with Crippen LogP contribution in [0.3, 0.4) is 0 Å². The third-order valence-electron chi connectivity index (χ3n) is 7.23. The van der Waals surface area contributed by atoms with Crippen LogP contribution in [-0.4, -0.2) is 53.5 Å². The molecule has 222 valence electrons. The summed E-state index contributed by atoms with van der Waals surface area (Å²) < 4.78 is 45.3. The van der Waals surface area contributed by atoms with E-state index < -0.39 is 35.5 Å². The van der Waals surface area contributed by atoms with Gasteiger partial charge in [-0.25, -0.2) is 13.6 Å². The van der Waals surface area contributed by atoms with E-state index in [1.165, 1.54) is 11.0 Å². The summed E-state index contributed by atoms with van der Waals surface area (Å²) in [5, 5.41) is 10.6. The fraction of sp³-hybridized carbons (Fsp3) is 0.424. The number of fused-ring (bicyclic) bond motifs is 1. The van der Waals surface area contributed by atoms with Crippen molar-refractivity contribution in [3.8, 4) is 11.8 Å². The third kappa shape index (κ3) is 8.04. The predicted molar refractivity (Wildman–Crippen MR) is 157 cm³/mol. The van der Waals surface area contributed by atoms with Crippen LogP contribution in [-0.2, 0) is 15.9 Å². The van der Waals surface area contributed by atoms with Gasteiger partial charge in [-0.3, -0.25) is 9.88 Å².